The van der Waals surface area contributed by atoms with Gasteiger partial charge in [-0.25, -0.2) is 0 Å². The zero-order valence-corrected chi connectivity index (χ0v) is 13.5. The van der Waals surface area contributed by atoms with Gasteiger partial charge in [-0.2, -0.15) is 0 Å². The molecule has 2 aromatic carbocycles. The lowest BCUT2D eigenvalue weighted by molar-refractivity contribution is 0.0930. The van der Waals surface area contributed by atoms with E-state index in [1.54, 1.807) is 11.8 Å². The molecule has 1 amide bonds. The highest BCUT2D eigenvalue weighted by atomic mass is 32.2. The van der Waals surface area contributed by atoms with Gasteiger partial charge in [0.15, 0.2) is 0 Å². The number of hydrogen-bond acceptors (Lipinski definition) is 3. The van der Waals surface area contributed by atoms with E-state index < -0.39 is 0 Å². The minimum absolute atomic E-state index is 0.0336. The van der Waals surface area contributed by atoms with Crippen molar-refractivity contribution in [3.63, 3.8) is 0 Å². The second kappa shape index (κ2) is 8.61. The van der Waals surface area contributed by atoms with Crippen LogP contribution in [0.25, 0.3) is 0 Å². The Morgan fingerprint density at radius 3 is 2.41 bits per heavy atom. The van der Waals surface area contributed by atoms with E-state index in [1.807, 2.05) is 54.6 Å². The van der Waals surface area contributed by atoms with Gasteiger partial charge in [0.2, 0.25) is 0 Å². The Hall–Kier alpha value is -1.78. The van der Waals surface area contributed by atoms with E-state index >= 15 is 0 Å². The van der Waals surface area contributed by atoms with E-state index in [1.165, 1.54) is 0 Å². The predicted molar refractivity (Wildman–Crippen MR) is 91.2 cm³/mol. The van der Waals surface area contributed by atoms with Crippen LogP contribution in [0.5, 0.6) is 0 Å². The molecule has 0 spiro atoms. The molecule has 2 aromatic rings. The summed E-state index contributed by atoms with van der Waals surface area (Å²) in [4.78, 5) is 13.5. The van der Waals surface area contributed by atoms with Crippen molar-refractivity contribution in [2.45, 2.75) is 24.3 Å². The average molecular weight is 315 g/mol. The predicted octanol–water partition coefficient (Wildman–Crippen LogP) is 3.65. The number of carbonyl (C=O) groups excluding carboxylic acids is 1. The third kappa shape index (κ3) is 4.61. The summed E-state index contributed by atoms with van der Waals surface area (Å²) in [7, 11) is 0. The lowest BCUT2D eigenvalue weighted by Gasteiger charge is -2.18. The van der Waals surface area contributed by atoms with Gasteiger partial charge in [0, 0.05) is 17.1 Å². The lowest BCUT2D eigenvalue weighted by Crippen LogP contribution is -2.29. The number of aliphatic hydroxyl groups is 1. The minimum Gasteiger partial charge on any atom is -0.396 e. The van der Waals surface area contributed by atoms with E-state index in [4.69, 9.17) is 0 Å². The van der Waals surface area contributed by atoms with Gasteiger partial charge >= 0.3 is 0 Å². The zero-order chi connectivity index (χ0) is 15.8. The molecule has 0 heterocycles. The molecule has 0 aliphatic rings. The SMILES string of the molecule is CCSc1ccc(C(=O)NC(CCO)c2ccccc2)cc1. The van der Waals surface area contributed by atoms with Crippen molar-refractivity contribution >= 4 is 17.7 Å². The molecule has 0 aliphatic heterocycles. The first kappa shape index (κ1) is 16.6. The van der Waals surface area contributed by atoms with Crippen molar-refractivity contribution in [2.24, 2.45) is 0 Å². The van der Waals surface area contributed by atoms with Gasteiger partial charge in [-0.05, 0) is 42.0 Å². The maximum Gasteiger partial charge on any atom is 0.251 e. The van der Waals surface area contributed by atoms with E-state index in [-0.39, 0.29) is 18.6 Å². The Morgan fingerprint density at radius 2 is 1.82 bits per heavy atom. The number of nitrogens with one attached hydrogen (secondary N) is 1. The highest BCUT2D eigenvalue weighted by molar-refractivity contribution is 7.99. The summed E-state index contributed by atoms with van der Waals surface area (Å²) in [6.45, 7) is 2.14. The van der Waals surface area contributed by atoms with Gasteiger partial charge in [0.1, 0.15) is 0 Å². The number of carbonyl (C=O) groups is 1. The summed E-state index contributed by atoms with van der Waals surface area (Å²) >= 11 is 1.75. The molecule has 0 saturated carbocycles. The number of amides is 1. The van der Waals surface area contributed by atoms with Crippen molar-refractivity contribution in [3.8, 4) is 0 Å². The first-order valence-corrected chi connectivity index (χ1v) is 8.42. The second-order valence-electron chi connectivity index (χ2n) is 4.91. The zero-order valence-electron chi connectivity index (χ0n) is 12.7. The fourth-order valence-corrected chi connectivity index (χ4v) is 2.91. The van der Waals surface area contributed by atoms with Crippen LogP contribution in [0.3, 0.4) is 0 Å². The van der Waals surface area contributed by atoms with Gasteiger partial charge < -0.3 is 10.4 Å². The first-order valence-electron chi connectivity index (χ1n) is 7.44. The maximum atomic E-state index is 12.4. The van der Waals surface area contributed by atoms with Crippen LogP contribution in [0, 0.1) is 0 Å². The second-order valence-corrected chi connectivity index (χ2v) is 6.24. The van der Waals surface area contributed by atoms with Gasteiger partial charge in [-0.15, -0.1) is 11.8 Å². The molecule has 4 heteroatoms. The minimum atomic E-state index is -0.177. The molecule has 3 nitrogen and oxygen atoms in total. The van der Waals surface area contributed by atoms with Crippen LogP contribution in [0.15, 0.2) is 59.5 Å². The van der Waals surface area contributed by atoms with Crippen LogP contribution in [-0.4, -0.2) is 23.4 Å². The number of aliphatic hydroxyl groups excluding tert-OH is 1. The molecule has 0 radical (unpaired) electrons. The third-order valence-electron chi connectivity index (χ3n) is 3.35. The van der Waals surface area contributed by atoms with E-state index in [0.29, 0.717) is 12.0 Å². The normalized spacial score (nSPS) is 11.9. The maximum absolute atomic E-state index is 12.4. The van der Waals surface area contributed by atoms with E-state index in [0.717, 1.165) is 16.2 Å². The standard InChI is InChI=1S/C18H21NO2S/c1-2-22-16-10-8-15(9-11-16)18(21)19-17(12-13-20)14-6-4-3-5-7-14/h3-11,17,20H,2,12-13H2,1H3,(H,19,21). The molecule has 0 saturated heterocycles. The highest BCUT2D eigenvalue weighted by Crippen LogP contribution is 2.19. The summed E-state index contributed by atoms with van der Waals surface area (Å²) in [6.07, 6.45) is 0.500. The van der Waals surface area contributed by atoms with Crippen LogP contribution >= 0.6 is 11.8 Å². The third-order valence-corrected chi connectivity index (χ3v) is 4.25. The van der Waals surface area contributed by atoms with Crippen molar-refractivity contribution in [1.29, 1.82) is 0 Å². The largest absolute Gasteiger partial charge is 0.396 e. The number of hydrogen-bond donors (Lipinski definition) is 2. The van der Waals surface area contributed by atoms with Gasteiger partial charge in [-0.3, -0.25) is 4.79 Å². The van der Waals surface area contributed by atoms with Crippen LogP contribution in [-0.2, 0) is 0 Å². The smallest absolute Gasteiger partial charge is 0.251 e. The number of rotatable bonds is 7. The number of benzene rings is 2. The molecule has 1 atom stereocenters. The van der Waals surface area contributed by atoms with Crippen molar-refractivity contribution in [2.75, 3.05) is 12.4 Å². The Morgan fingerprint density at radius 1 is 1.14 bits per heavy atom. The Labute approximate surface area is 135 Å². The molecule has 0 aliphatic carbocycles. The van der Waals surface area contributed by atoms with Gasteiger partial charge in [0.05, 0.1) is 6.04 Å². The molecule has 116 valence electrons. The molecular formula is C18H21NO2S. The Balaban J connectivity index is 2.07. The number of thioether (sulfide) groups is 1. The Bertz CT molecular complexity index is 584. The van der Waals surface area contributed by atoms with Crippen molar-refractivity contribution in [3.05, 3.63) is 65.7 Å². The summed E-state index contributed by atoms with van der Waals surface area (Å²) in [5.41, 5.74) is 1.64. The molecule has 2 N–H and O–H groups in total. The van der Waals surface area contributed by atoms with Crippen LogP contribution < -0.4 is 5.32 Å². The summed E-state index contributed by atoms with van der Waals surface area (Å²) < 4.78 is 0. The van der Waals surface area contributed by atoms with Gasteiger partial charge in [0.25, 0.3) is 5.91 Å². The van der Waals surface area contributed by atoms with Crippen LogP contribution in [0.1, 0.15) is 35.3 Å². The molecule has 2 rings (SSSR count). The summed E-state index contributed by atoms with van der Waals surface area (Å²) in [5, 5.41) is 12.2. The molecule has 22 heavy (non-hydrogen) atoms. The molecule has 1 unspecified atom stereocenters. The first-order chi connectivity index (χ1) is 10.7. The molecule has 0 bridgehead atoms. The molecular weight excluding hydrogens is 294 g/mol. The molecule has 0 fully saturated rings. The van der Waals surface area contributed by atoms with Crippen molar-refractivity contribution < 1.29 is 9.90 Å². The highest BCUT2D eigenvalue weighted by Gasteiger charge is 2.15. The van der Waals surface area contributed by atoms with E-state index in [2.05, 4.69) is 12.2 Å². The lowest BCUT2D eigenvalue weighted by atomic mass is 10.0. The average Bonchev–Trinajstić information content (AvgIpc) is 2.56. The fourth-order valence-electron chi connectivity index (χ4n) is 2.25. The Kier molecular flexibility index (Phi) is 6.49. The fraction of sp³-hybridized carbons (Fsp3) is 0.278. The quantitative estimate of drug-likeness (QED) is 0.767. The van der Waals surface area contributed by atoms with Gasteiger partial charge in [-0.1, -0.05) is 37.3 Å². The summed E-state index contributed by atoms with van der Waals surface area (Å²) in [6, 6.07) is 17.2. The van der Waals surface area contributed by atoms with Crippen LogP contribution in [0.4, 0.5) is 0 Å². The molecule has 0 aromatic heterocycles. The van der Waals surface area contributed by atoms with Crippen molar-refractivity contribution in [1.82, 2.24) is 5.32 Å². The summed E-state index contributed by atoms with van der Waals surface area (Å²) in [5.74, 6) is 0.897. The van der Waals surface area contributed by atoms with Crippen LogP contribution in [0.2, 0.25) is 0 Å². The topological polar surface area (TPSA) is 49.3 Å². The van der Waals surface area contributed by atoms with E-state index in [9.17, 15) is 9.90 Å². The monoisotopic (exact) mass is 315 g/mol.